The second-order valence-corrected chi connectivity index (χ2v) is 4.01. The van der Waals surface area contributed by atoms with Crippen LogP contribution in [0.3, 0.4) is 0 Å². The van der Waals surface area contributed by atoms with Crippen molar-refractivity contribution < 1.29 is 4.74 Å². The number of rotatable bonds is 6. The summed E-state index contributed by atoms with van der Waals surface area (Å²) in [6.45, 7) is 1.79. The van der Waals surface area contributed by atoms with Crippen molar-refractivity contribution in [2.45, 2.75) is 12.3 Å². The number of para-hydroxylation sites is 1. The summed E-state index contributed by atoms with van der Waals surface area (Å²) in [4.78, 5) is 2.15. The molecule has 0 saturated carbocycles. The predicted octanol–water partition coefficient (Wildman–Crippen LogP) is 2.76. The van der Waals surface area contributed by atoms with E-state index in [9.17, 15) is 0 Å². The number of halogens is 1. The SMILES string of the molecule is CN(C)CCCOc1ccccc1CCl. The van der Waals surface area contributed by atoms with Crippen molar-refractivity contribution in [2.75, 3.05) is 27.2 Å². The van der Waals surface area contributed by atoms with Gasteiger partial charge >= 0.3 is 0 Å². The minimum absolute atomic E-state index is 0.504. The smallest absolute Gasteiger partial charge is 0.123 e. The summed E-state index contributed by atoms with van der Waals surface area (Å²) < 4.78 is 5.67. The van der Waals surface area contributed by atoms with Gasteiger partial charge in [0.25, 0.3) is 0 Å². The van der Waals surface area contributed by atoms with Gasteiger partial charge in [-0.25, -0.2) is 0 Å². The van der Waals surface area contributed by atoms with E-state index in [0.29, 0.717) is 5.88 Å². The number of alkyl halides is 1. The highest BCUT2D eigenvalue weighted by Gasteiger charge is 2.00. The Morgan fingerprint density at radius 3 is 2.67 bits per heavy atom. The summed E-state index contributed by atoms with van der Waals surface area (Å²) in [5, 5.41) is 0. The highest BCUT2D eigenvalue weighted by molar-refractivity contribution is 6.17. The minimum atomic E-state index is 0.504. The Kier molecular flexibility index (Phi) is 5.51. The Morgan fingerprint density at radius 2 is 2.00 bits per heavy atom. The molecule has 3 heteroatoms. The van der Waals surface area contributed by atoms with E-state index in [-0.39, 0.29) is 0 Å². The van der Waals surface area contributed by atoms with Gasteiger partial charge in [-0.2, -0.15) is 0 Å². The molecular weight excluding hydrogens is 210 g/mol. The van der Waals surface area contributed by atoms with Crippen molar-refractivity contribution in [3.05, 3.63) is 29.8 Å². The molecule has 1 aromatic rings. The topological polar surface area (TPSA) is 12.5 Å². The van der Waals surface area contributed by atoms with Crippen LogP contribution in [0.15, 0.2) is 24.3 Å². The van der Waals surface area contributed by atoms with Gasteiger partial charge in [-0.15, -0.1) is 11.6 Å². The number of ether oxygens (including phenoxy) is 1. The van der Waals surface area contributed by atoms with E-state index in [0.717, 1.165) is 30.9 Å². The first kappa shape index (κ1) is 12.3. The summed E-state index contributed by atoms with van der Waals surface area (Å²) in [5.41, 5.74) is 1.06. The molecule has 2 nitrogen and oxygen atoms in total. The van der Waals surface area contributed by atoms with Gasteiger partial charge in [-0.1, -0.05) is 18.2 Å². The molecule has 1 rings (SSSR count). The highest BCUT2D eigenvalue weighted by atomic mass is 35.5. The minimum Gasteiger partial charge on any atom is -0.493 e. The van der Waals surface area contributed by atoms with Crippen LogP contribution in [0, 0.1) is 0 Å². The van der Waals surface area contributed by atoms with Crippen LogP contribution in [0.4, 0.5) is 0 Å². The Bertz CT molecular complexity index is 289. The van der Waals surface area contributed by atoms with Gasteiger partial charge in [0, 0.05) is 12.1 Å². The van der Waals surface area contributed by atoms with Crippen LogP contribution in [0.25, 0.3) is 0 Å². The van der Waals surface area contributed by atoms with Gasteiger partial charge in [0.2, 0.25) is 0 Å². The number of benzene rings is 1. The van der Waals surface area contributed by atoms with Crippen molar-refractivity contribution in [3.8, 4) is 5.75 Å². The third kappa shape index (κ3) is 4.54. The van der Waals surface area contributed by atoms with E-state index >= 15 is 0 Å². The third-order valence-electron chi connectivity index (χ3n) is 2.12. The Balaban J connectivity index is 2.36. The molecule has 0 spiro atoms. The molecule has 0 bridgehead atoms. The first-order valence-corrected chi connectivity index (χ1v) is 5.69. The molecule has 0 unspecified atom stereocenters. The lowest BCUT2D eigenvalue weighted by Gasteiger charge is -2.12. The lowest BCUT2D eigenvalue weighted by molar-refractivity contribution is 0.280. The largest absolute Gasteiger partial charge is 0.493 e. The van der Waals surface area contributed by atoms with E-state index < -0.39 is 0 Å². The van der Waals surface area contributed by atoms with E-state index in [1.165, 1.54) is 0 Å². The predicted molar refractivity (Wildman–Crippen MR) is 64.7 cm³/mol. The molecule has 84 valence electrons. The zero-order chi connectivity index (χ0) is 11.1. The molecule has 0 heterocycles. The highest BCUT2D eigenvalue weighted by Crippen LogP contribution is 2.19. The summed E-state index contributed by atoms with van der Waals surface area (Å²) >= 11 is 5.81. The van der Waals surface area contributed by atoms with Gasteiger partial charge in [0.15, 0.2) is 0 Å². The third-order valence-corrected chi connectivity index (χ3v) is 2.41. The van der Waals surface area contributed by atoms with Gasteiger partial charge in [-0.3, -0.25) is 0 Å². The van der Waals surface area contributed by atoms with Crippen molar-refractivity contribution in [1.29, 1.82) is 0 Å². The maximum atomic E-state index is 5.81. The first-order valence-electron chi connectivity index (χ1n) is 5.15. The van der Waals surface area contributed by atoms with Crippen LogP contribution in [0.1, 0.15) is 12.0 Å². The van der Waals surface area contributed by atoms with E-state index in [1.54, 1.807) is 0 Å². The van der Waals surface area contributed by atoms with Crippen molar-refractivity contribution in [1.82, 2.24) is 4.90 Å². The fraction of sp³-hybridized carbons (Fsp3) is 0.500. The van der Waals surface area contributed by atoms with Crippen LogP contribution in [-0.2, 0) is 5.88 Å². The molecule has 0 amide bonds. The zero-order valence-corrected chi connectivity index (χ0v) is 10.1. The molecule has 0 aliphatic carbocycles. The van der Waals surface area contributed by atoms with Crippen molar-refractivity contribution in [2.24, 2.45) is 0 Å². The standard InChI is InChI=1S/C12H18ClNO/c1-14(2)8-5-9-15-12-7-4-3-6-11(12)10-13/h3-4,6-7H,5,8-10H2,1-2H3. The molecule has 1 aromatic carbocycles. The summed E-state index contributed by atoms with van der Waals surface area (Å²) in [5.74, 6) is 1.41. The van der Waals surface area contributed by atoms with E-state index in [4.69, 9.17) is 16.3 Å². The lowest BCUT2D eigenvalue weighted by atomic mass is 10.2. The quantitative estimate of drug-likeness (QED) is 0.548. The molecule has 15 heavy (non-hydrogen) atoms. The average Bonchev–Trinajstić information content (AvgIpc) is 2.24. The van der Waals surface area contributed by atoms with Gasteiger partial charge in [0.05, 0.1) is 12.5 Å². The molecular formula is C12H18ClNO. The molecule has 0 N–H and O–H groups in total. The Hall–Kier alpha value is -0.730. The normalized spacial score (nSPS) is 10.7. The van der Waals surface area contributed by atoms with E-state index in [1.807, 2.05) is 24.3 Å². The van der Waals surface area contributed by atoms with Crippen LogP contribution in [-0.4, -0.2) is 32.1 Å². The summed E-state index contributed by atoms with van der Waals surface area (Å²) in [6.07, 6.45) is 1.03. The second kappa shape index (κ2) is 6.70. The molecule has 0 aliphatic rings. The number of nitrogens with zero attached hydrogens (tertiary/aromatic N) is 1. The molecule has 0 aromatic heterocycles. The molecule has 0 radical (unpaired) electrons. The van der Waals surface area contributed by atoms with Crippen LogP contribution in [0.5, 0.6) is 5.75 Å². The summed E-state index contributed by atoms with van der Waals surface area (Å²) in [7, 11) is 4.12. The fourth-order valence-corrected chi connectivity index (χ4v) is 1.54. The van der Waals surface area contributed by atoms with Crippen LogP contribution >= 0.6 is 11.6 Å². The first-order chi connectivity index (χ1) is 7.24. The molecule has 0 saturated heterocycles. The fourth-order valence-electron chi connectivity index (χ4n) is 1.32. The van der Waals surface area contributed by atoms with Gasteiger partial charge in [-0.05, 0) is 26.6 Å². The lowest BCUT2D eigenvalue weighted by Crippen LogP contribution is -2.15. The molecule has 0 atom stereocenters. The van der Waals surface area contributed by atoms with Crippen molar-refractivity contribution >= 4 is 11.6 Å². The number of hydrogen-bond donors (Lipinski definition) is 0. The average molecular weight is 228 g/mol. The monoisotopic (exact) mass is 227 g/mol. The van der Waals surface area contributed by atoms with E-state index in [2.05, 4.69) is 19.0 Å². The second-order valence-electron chi connectivity index (χ2n) is 3.75. The Labute approximate surface area is 96.8 Å². The van der Waals surface area contributed by atoms with Crippen molar-refractivity contribution in [3.63, 3.8) is 0 Å². The van der Waals surface area contributed by atoms with Gasteiger partial charge in [0.1, 0.15) is 5.75 Å². The maximum absolute atomic E-state index is 5.81. The van der Waals surface area contributed by atoms with Crippen LogP contribution < -0.4 is 4.74 Å². The van der Waals surface area contributed by atoms with Gasteiger partial charge < -0.3 is 9.64 Å². The maximum Gasteiger partial charge on any atom is 0.123 e. The summed E-state index contributed by atoms with van der Waals surface area (Å²) in [6, 6.07) is 7.91. The molecule has 0 aliphatic heterocycles. The van der Waals surface area contributed by atoms with Crippen LogP contribution in [0.2, 0.25) is 0 Å². The number of hydrogen-bond acceptors (Lipinski definition) is 2. The zero-order valence-electron chi connectivity index (χ0n) is 9.37. The molecule has 0 fully saturated rings. The Morgan fingerprint density at radius 1 is 1.27 bits per heavy atom.